The number of rotatable bonds is 3. The van der Waals surface area contributed by atoms with Gasteiger partial charge in [0.15, 0.2) is 5.78 Å². The average Bonchev–Trinajstić information content (AvgIpc) is 2.19. The van der Waals surface area contributed by atoms with Crippen LogP contribution in [0.4, 0.5) is 0 Å². The lowest BCUT2D eigenvalue weighted by Gasteiger charge is -2.09. The number of hydrogen-bond acceptors (Lipinski definition) is 3. The van der Waals surface area contributed by atoms with Crippen molar-refractivity contribution >= 4 is 5.78 Å². The zero-order valence-electron chi connectivity index (χ0n) is 8.45. The minimum absolute atomic E-state index is 0.0355. The SMILES string of the molecule is Cc1ccc(C)c(C(=O)C(O)CN)c1. The van der Waals surface area contributed by atoms with Crippen LogP contribution in [-0.2, 0) is 0 Å². The van der Waals surface area contributed by atoms with E-state index < -0.39 is 6.10 Å². The van der Waals surface area contributed by atoms with Gasteiger partial charge < -0.3 is 10.8 Å². The van der Waals surface area contributed by atoms with E-state index in [1.807, 2.05) is 26.0 Å². The van der Waals surface area contributed by atoms with Gasteiger partial charge in [-0.25, -0.2) is 0 Å². The number of benzene rings is 1. The molecule has 0 heterocycles. The summed E-state index contributed by atoms with van der Waals surface area (Å²) in [4.78, 5) is 11.6. The van der Waals surface area contributed by atoms with E-state index in [4.69, 9.17) is 5.73 Å². The van der Waals surface area contributed by atoms with Gasteiger partial charge in [-0.3, -0.25) is 4.79 Å². The van der Waals surface area contributed by atoms with Crippen LogP contribution in [0, 0.1) is 13.8 Å². The van der Waals surface area contributed by atoms with Gasteiger partial charge in [-0.05, 0) is 25.5 Å². The zero-order valence-corrected chi connectivity index (χ0v) is 8.45. The molecule has 1 unspecified atom stereocenters. The van der Waals surface area contributed by atoms with E-state index in [2.05, 4.69) is 0 Å². The van der Waals surface area contributed by atoms with Crippen LogP contribution in [-0.4, -0.2) is 23.5 Å². The van der Waals surface area contributed by atoms with Crippen molar-refractivity contribution < 1.29 is 9.90 Å². The molecule has 0 saturated carbocycles. The molecule has 0 saturated heterocycles. The van der Waals surface area contributed by atoms with Crippen molar-refractivity contribution in [2.75, 3.05) is 6.54 Å². The van der Waals surface area contributed by atoms with Gasteiger partial charge in [-0.2, -0.15) is 0 Å². The van der Waals surface area contributed by atoms with Crippen molar-refractivity contribution in [3.05, 3.63) is 34.9 Å². The number of carbonyl (C=O) groups is 1. The summed E-state index contributed by atoms with van der Waals surface area (Å²) in [6, 6.07) is 5.57. The predicted octanol–water partition coefficient (Wildman–Crippen LogP) is 0.806. The number of aliphatic hydroxyl groups excluding tert-OH is 1. The Morgan fingerprint density at radius 3 is 2.71 bits per heavy atom. The number of Topliss-reactive ketones (excluding diaryl/α,β-unsaturated/α-hetero) is 1. The van der Waals surface area contributed by atoms with Gasteiger partial charge in [0.1, 0.15) is 6.10 Å². The van der Waals surface area contributed by atoms with Crippen LogP contribution in [0.5, 0.6) is 0 Å². The third-order valence-corrected chi connectivity index (χ3v) is 2.18. The molecule has 1 atom stereocenters. The zero-order chi connectivity index (χ0) is 10.7. The molecule has 0 bridgehead atoms. The van der Waals surface area contributed by atoms with Crippen molar-refractivity contribution in [2.24, 2.45) is 5.73 Å². The Labute approximate surface area is 83.6 Å². The molecule has 0 radical (unpaired) electrons. The second-order valence-corrected chi connectivity index (χ2v) is 3.43. The highest BCUT2D eigenvalue weighted by Crippen LogP contribution is 2.12. The first-order chi connectivity index (χ1) is 6.56. The van der Waals surface area contributed by atoms with Gasteiger partial charge in [0, 0.05) is 12.1 Å². The first-order valence-electron chi connectivity index (χ1n) is 4.56. The lowest BCUT2D eigenvalue weighted by molar-refractivity contribution is 0.0762. The van der Waals surface area contributed by atoms with E-state index >= 15 is 0 Å². The minimum atomic E-state index is -1.09. The van der Waals surface area contributed by atoms with Crippen molar-refractivity contribution in [3.8, 4) is 0 Å². The molecule has 1 rings (SSSR count). The molecule has 1 aromatic carbocycles. The van der Waals surface area contributed by atoms with E-state index in [0.717, 1.165) is 11.1 Å². The van der Waals surface area contributed by atoms with Crippen molar-refractivity contribution in [2.45, 2.75) is 20.0 Å². The molecule has 0 aliphatic carbocycles. The van der Waals surface area contributed by atoms with Crippen LogP contribution in [0.1, 0.15) is 21.5 Å². The van der Waals surface area contributed by atoms with Gasteiger partial charge in [-0.1, -0.05) is 17.7 Å². The monoisotopic (exact) mass is 193 g/mol. The molecule has 0 aliphatic heterocycles. The van der Waals surface area contributed by atoms with Crippen molar-refractivity contribution in [3.63, 3.8) is 0 Å². The first-order valence-corrected chi connectivity index (χ1v) is 4.56. The molecule has 14 heavy (non-hydrogen) atoms. The summed E-state index contributed by atoms with van der Waals surface area (Å²) in [5, 5.41) is 9.32. The maximum atomic E-state index is 11.6. The van der Waals surface area contributed by atoms with E-state index in [-0.39, 0.29) is 12.3 Å². The predicted molar refractivity (Wildman–Crippen MR) is 55.3 cm³/mol. The quantitative estimate of drug-likeness (QED) is 0.698. The summed E-state index contributed by atoms with van der Waals surface area (Å²) < 4.78 is 0. The number of carbonyl (C=O) groups excluding carboxylic acids is 1. The molecule has 3 nitrogen and oxygen atoms in total. The summed E-state index contributed by atoms with van der Waals surface area (Å²) in [5.74, 6) is -0.297. The van der Waals surface area contributed by atoms with Crippen LogP contribution in [0.3, 0.4) is 0 Å². The Bertz CT molecular complexity index is 347. The summed E-state index contributed by atoms with van der Waals surface area (Å²) in [6.07, 6.45) is -1.09. The van der Waals surface area contributed by atoms with Gasteiger partial charge in [0.25, 0.3) is 0 Å². The molecular weight excluding hydrogens is 178 g/mol. The normalized spacial score (nSPS) is 12.6. The largest absolute Gasteiger partial charge is 0.384 e. The number of nitrogens with two attached hydrogens (primary N) is 1. The Balaban J connectivity index is 3.06. The fourth-order valence-electron chi connectivity index (χ4n) is 1.29. The molecule has 3 N–H and O–H groups in total. The smallest absolute Gasteiger partial charge is 0.192 e. The molecule has 0 fully saturated rings. The third-order valence-electron chi connectivity index (χ3n) is 2.18. The van der Waals surface area contributed by atoms with E-state index in [9.17, 15) is 9.90 Å². The number of aliphatic hydroxyl groups is 1. The lowest BCUT2D eigenvalue weighted by Crippen LogP contribution is -2.29. The first kappa shape index (κ1) is 10.9. The lowest BCUT2D eigenvalue weighted by atomic mass is 9.99. The number of aryl methyl sites for hydroxylation is 2. The maximum absolute atomic E-state index is 11.6. The van der Waals surface area contributed by atoms with Crippen molar-refractivity contribution in [1.29, 1.82) is 0 Å². The van der Waals surface area contributed by atoms with Gasteiger partial charge in [0.05, 0.1) is 0 Å². The fraction of sp³-hybridized carbons (Fsp3) is 0.364. The molecule has 0 aromatic heterocycles. The fourth-order valence-corrected chi connectivity index (χ4v) is 1.29. The molecular formula is C11H15NO2. The van der Waals surface area contributed by atoms with Gasteiger partial charge in [-0.15, -0.1) is 0 Å². The van der Waals surface area contributed by atoms with Gasteiger partial charge in [0.2, 0.25) is 0 Å². The Morgan fingerprint density at radius 1 is 1.50 bits per heavy atom. The topological polar surface area (TPSA) is 63.3 Å². The second kappa shape index (κ2) is 4.35. The molecule has 0 spiro atoms. The highest BCUT2D eigenvalue weighted by molar-refractivity contribution is 6.00. The Morgan fingerprint density at radius 2 is 2.14 bits per heavy atom. The molecule has 76 valence electrons. The van der Waals surface area contributed by atoms with Crippen LogP contribution >= 0.6 is 0 Å². The van der Waals surface area contributed by atoms with Crippen LogP contribution in [0.2, 0.25) is 0 Å². The van der Waals surface area contributed by atoms with E-state index in [1.165, 1.54) is 0 Å². The second-order valence-electron chi connectivity index (χ2n) is 3.43. The van der Waals surface area contributed by atoms with E-state index in [1.54, 1.807) is 6.07 Å². The standard InChI is InChI=1S/C11H15NO2/c1-7-3-4-8(2)9(5-7)11(14)10(13)6-12/h3-5,10,13H,6,12H2,1-2H3. The number of ketones is 1. The highest BCUT2D eigenvalue weighted by Gasteiger charge is 2.17. The molecule has 3 heteroatoms. The third kappa shape index (κ3) is 2.19. The molecule has 1 aromatic rings. The Hall–Kier alpha value is -1.19. The Kier molecular flexibility index (Phi) is 3.38. The van der Waals surface area contributed by atoms with E-state index in [0.29, 0.717) is 5.56 Å². The van der Waals surface area contributed by atoms with Gasteiger partial charge >= 0.3 is 0 Å². The molecule has 0 aliphatic rings. The summed E-state index contributed by atoms with van der Waals surface area (Å²) in [5.41, 5.74) is 7.66. The number of hydrogen-bond donors (Lipinski definition) is 2. The average molecular weight is 193 g/mol. The van der Waals surface area contributed by atoms with Crippen LogP contribution in [0.15, 0.2) is 18.2 Å². The summed E-state index contributed by atoms with van der Waals surface area (Å²) in [7, 11) is 0. The summed E-state index contributed by atoms with van der Waals surface area (Å²) >= 11 is 0. The molecule has 0 amide bonds. The highest BCUT2D eigenvalue weighted by atomic mass is 16.3. The summed E-state index contributed by atoms with van der Waals surface area (Å²) in [6.45, 7) is 3.72. The minimum Gasteiger partial charge on any atom is -0.384 e. The van der Waals surface area contributed by atoms with Crippen LogP contribution in [0.25, 0.3) is 0 Å². The van der Waals surface area contributed by atoms with Crippen molar-refractivity contribution in [1.82, 2.24) is 0 Å². The van der Waals surface area contributed by atoms with Crippen LogP contribution < -0.4 is 5.73 Å². The maximum Gasteiger partial charge on any atom is 0.192 e.